The van der Waals surface area contributed by atoms with E-state index in [2.05, 4.69) is 6.92 Å². The number of carbonyl (C=O) groups is 1. The first-order chi connectivity index (χ1) is 14.4. The molecule has 0 amide bonds. The fourth-order valence-electron chi connectivity index (χ4n) is 5.37. The van der Waals surface area contributed by atoms with Crippen molar-refractivity contribution in [1.82, 2.24) is 0 Å². The van der Waals surface area contributed by atoms with E-state index < -0.39 is 11.7 Å². The topological polar surface area (TPSA) is 26.3 Å². The molecule has 168 valence electrons. The lowest BCUT2D eigenvalue weighted by atomic mass is 9.68. The molecule has 0 atom stereocenters. The summed E-state index contributed by atoms with van der Waals surface area (Å²) in [5.41, 5.74) is -0.733. The third kappa shape index (κ3) is 6.49. The molecule has 3 rings (SSSR count). The molecule has 0 spiro atoms. The lowest BCUT2D eigenvalue weighted by molar-refractivity contribution is -0.140. The van der Waals surface area contributed by atoms with Gasteiger partial charge in [-0.25, -0.2) is 0 Å². The molecule has 0 aromatic heterocycles. The molecule has 0 bridgehead atoms. The Balaban J connectivity index is 1.39. The van der Waals surface area contributed by atoms with Gasteiger partial charge in [-0.3, -0.25) is 4.79 Å². The van der Waals surface area contributed by atoms with Gasteiger partial charge in [-0.05, 0) is 80.5 Å². The molecule has 1 aromatic rings. The molecule has 5 heteroatoms. The van der Waals surface area contributed by atoms with Crippen molar-refractivity contribution in [2.24, 2.45) is 23.7 Å². The van der Waals surface area contributed by atoms with E-state index in [1.807, 2.05) is 0 Å². The molecule has 0 heterocycles. The van der Waals surface area contributed by atoms with E-state index >= 15 is 0 Å². The number of esters is 1. The second-order valence-electron chi connectivity index (χ2n) is 9.33. The molecule has 2 nitrogen and oxygen atoms in total. The van der Waals surface area contributed by atoms with Crippen molar-refractivity contribution >= 4 is 5.97 Å². The van der Waals surface area contributed by atoms with Crippen molar-refractivity contribution in [1.29, 1.82) is 0 Å². The zero-order valence-electron chi connectivity index (χ0n) is 18.1. The maximum Gasteiger partial charge on any atom is 0.416 e. The predicted molar refractivity (Wildman–Crippen MR) is 112 cm³/mol. The summed E-state index contributed by atoms with van der Waals surface area (Å²) in [6.07, 6.45) is 10.2. The van der Waals surface area contributed by atoms with Gasteiger partial charge in [0.2, 0.25) is 0 Å². The van der Waals surface area contributed by atoms with Crippen LogP contribution in [-0.4, -0.2) is 5.97 Å². The van der Waals surface area contributed by atoms with Crippen molar-refractivity contribution in [3.8, 4) is 5.75 Å². The maximum absolute atomic E-state index is 12.6. The molecule has 0 saturated heterocycles. The molecule has 0 unspecified atom stereocenters. The predicted octanol–water partition coefficient (Wildman–Crippen LogP) is 7.80. The van der Waals surface area contributed by atoms with Crippen LogP contribution in [0.5, 0.6) is 5.75 Å². The van der Waals surface area contributed by atoms with Crippen LogP contribution in [0.15, 0.2) is 24.3 Å². The Morgan fingerprint density at radius 3 is 2.00 bits per heavy atom. The molecule has 2 fully saturated rings. The van der Waals surface area contributed by atoms with Crippen LogP contribution in [0.25, 0.3) is 0 Å². The number of rotatable bonds is 7. The molecule has 0 N–H and O–H groups in total. The van der Waals surface area contributed by atoms with Gasteiger partial charge in [-0.2, -0.15) is 13.2 Å². The van der Waals surface area contributed by atoms with Crippen LogP contribution in [0.2, 0.25) is 0 Å². The van der Waals surface area contributed by atoms with Crippen LogP contribution in [0.4, 0.5) is 13.2 Å². The Morgan fingerprint density at radius 1 is 0.900 bits per heavy atom. The van der Waals surface area contributed by atoms with Gasteiger partial charge in [0.05, 0.1) is 11.5 Å². The van der Waals surface area contributed by atoms with E-state index in [1.54, 1.807) is 0 Å². The monoisotopic (exact) mass is 424 g/mol. The average Bonchev–Trinajstić information content (AvgIpc) is 2.74. The van der Waals surface area contributed by atoms with Gasteiger partial charge in [0.15, 0.2) is 0 Å². The highest BCUT2D eigenvalue weighted by atomic mass is 19.4. The fourth-order valence-corrected chi connectivity index (χ4v) is 5.37. The van der Waals surface area contributed by atoms with E-state index in [0.717, 1.165) is 55.6 Å². The van der Waals surface area contributed by atoms with Crippen LogP contribution in [0.3, 0.4) is 0 Å². The van der Waals surface area contributed by atoms with Crippen molar-refractivity contribution in [3.63, 3.8) is 0 Å². The zero-order chi connectivity index (χ0) is 21.6. The number of unbranched alkanes of at least 4 members (excludes halogenated alkanes) is 2. The van der Waals surface area contributed by atoms with Crippen molar-refractivity contribution in [2.45, 2.75) is 90.1 Å². The first-order valence-electron chi connectivity index (χ1n) is 11.8. The Bertz CT molecular complexity index is 652. The van der Waals surface area contributed by atoms with Gasteiger partial charge in [0.25, 0.3) is 0 Å². The van der Waals surface area contributed by atoms with E-state index in [1.165, 1.54) is 63.5 Å². The molecule has 0 radical (unpaired) electrons. The molecule has 30 heavy (non-hydrogen) atoms. The third-order valence-electron chi connectivity index (χ3n) is 7.28. The van der Waals surface area contributed by atoms with E-state index in [-0.39, 0.29) is 17.6 Å². The molecule has 2 aliphatic carbocycles. The Hall–Kier alpha value is -1.52. The van der Waals surface area contributed by atoms with Gasteiger partial charge in [0.1, 0.15) is 5.75 Å². The lowest BCUT2D eigenvalue weighted by Gasteiger charge is -2.37. The minimum Gasteiger partial charge on any atom is -0.426 e. The zero-order valence-corrected chi connectivity index (χ0v) is 18.1. The van der Waals surface area contributed by atoms with Crippen molar-refractivity contribution in [3.05, 3.63) is 29.8 Å². The summed E-state index contributed by atoms with van der Waals surface area (Å²) in [4.78, 5) is 12.5. The first kappa shape index (κ1) is 23.1. The average molecular weight is 425 g/mol. The summed E-state index contributed by atoms with van der Waals surface area (Å²) in [7, 11) is 0. The normalized spacial score (nSPS) is 27.6. The minimum absolute atomic E-state index is 0.131. The largest absolute Gasteiger partial charge is 0.426 e. The first-order valence-corrected chi connectivity index (χ1v) is 11.8. The Morgan fingerprint density at radius 2 is 1.47 bits per heavy atom. The number of benzene rings is 1. The number of halogens is 3. The highest BCUT2D eigenvalue weighted by molar-refractivity contribution is 5.75. The van der Waals surface area contributed by atoms with Gasteiger partial charge in [0, 0.05) is 0 Å². The smallest absolute Gasteiger partial charge is 0.416 e. The number of alkyl halides is 3. The van der Waals surface area contributed by atoms with Gasteiger partial charge in [-0.1, -0.05) is 45.4 Å². The van der Waals surface area contributed by atoms with Crippen LogP contribution in [0, 0.1) is 23.7 Å². The highest BCUT2D eigenvalue weighted by Crippen LogP contribution is 2.42. The molecular formula is C25H35F3O2. The van der Waals surface area contributed by atoms with Crippen LogP contribution in [0.1, 0.15) is 89.5 Å². The SMILES string of the molecule is CCCCC[C@H]1CC[C@H]([C@H]2CC[C@H](C(=O)Oc3ccc(C(F)(F)F)cc3)CC2)CC1. The Kier molecular flexibility index (Phi) is 8.24. The molecule has 0 aliphatic heterocycles. The van der Waals surface area contributed by atoms with E-state index in [4.69, 9.17) is 4.74 Å². The Labute approximate surface area is 178 Å². The number of ether oxygens (including phenoxy) is 1. The van der Waals surface area contributed by atoms with Crippen molar-refractivity contribution < 1.29 is 22.7 Å². The molecule has 2 aliphatic rings. The summed E-state index contributed by atoms with van der Waals surface area (Å²) in [6, 6.07) is 4.37. The minimum atomic E-state index is -4.38. The summed E-state index contributed by atoms with van der Waals surface area (Å²) >= 11 is 0. The second kappa shape index (κ2) is 10.7. The van der Waals surface area contributed by atoms with Crippen LogP contribution in [-0.2, 0) is 11.0 Å². The van der Waals surface area contributed by atoms with E-state index in [0.29, 0.717) is 0 Å². The summed E-state index contributed by atoms with van der Waals surface area (Å²) in [5.74, 6) is 2.21. The molecular weight excluding hydrogens is 389 g/mol. The van der Waals surface area contributed by atoms with Gasteiger partial charge < -0.3 is 4.74 Å². The lowest BCUT2D eigenvalue weighted by Crippen LogP contribution is -2.30. The number of hydrogen-bond acceptors (Lipinski definition) is 2. The quantitative estimate of drug-likeness (QED) is 0.253. The van der Waals surface area contributed by atoms with Gasteiger partial charge in [-0.15, -0.1) is 0 Å². The van der Waals surface area contributed by atoms with E-state index in [9.17, 15) is 18.0 Å². The summed E-state index contributed by atoms with van der Waals surface area (Å²) < 4.78 is 43.3. The standard InChI is InChI=1S/C25H35F3O2/c1-2-3-4-5-18-6-8-19(9-7-18)20-10-12-21(13-11-20)24(29)30-23-16-14-22(15-17-23)25(26,27)28/h14-21H,2-13H2,1H3/t18-,19-,20-,21-. The summed E-state index contributed by atoms with van der Waals surface area (Å²) in [5, 5.41) is 0. The maximum atomic E-state index is 12.6. The van der Waals surface area contributed by atoms with Gasteiger partial charge >= 0.3 is 12.1 Å². The summed E-state index contributed by atoms with van der Waals surface area (Å²) in [6.45, 7) is 2.26. The third-order valence-corrected chi connectivity index (χ3v) is 7.28. The van der Waals surface area contributed by atoms with Crippen molar-refractivity contribution in [2.75, 3.05) is 0 Å². The highest BCUT2D eigenvalue weighted by Gasteiger charge is 2.34. The second-order valence-corrected chi connectivity index (χ2v) is 9.33. The van der Waals surface area contributed by atoms with Crippen LogP contribution >= 0.6 is 0 Å². The fraction of sp³-hybridized carbons (Fsp3) is 0.720. The van der Waals surface area contributed by atoms with Crippen LogP contribution < -0.4 is 4.74 Å². The molecule has 2 saturated carbocycles. The number of carbonyl (C=O) groups excluding carboxylic acids is 1. The molecule has 1 aromatic carbocycles. The number of hydrogen-bond donors (Lipinski definition) is 0.